The van der Waals surface area contributed by atoms with Gasteiger partial charge in [0.25, 0.3) is 0 Å². The topological polar surface area (TPSA) is 50.9 Å². The summed E-state index contributed by atoms with van der Waals surface area (Å²) in [4.78, 5) is 5.86. The first-order valence-corrected chi connectivity index (χ1v) is 7.05. The second-order valence-electron chi connectivity index (χ2n) is 3.44. The van der Waals surface area contributed by atoms with Crippen LogP contribution < -0.4 is 11.1 Å². The van der Waals surface area contributed by atoms with E-state index in [1.165, 1.54) is 4.88 Å². The maximum Gasteiger partial charge on any atom is 0.182 e. The molecule has 3 N–H and O–H groups in total. The van der Waals surface area contributed by atoms with E-state index in [0.717, 1.165) is 30.2 Å². The van der Waals surface area contributed by atoms with Gasteiger partial charge in [-0.25, -0.2) is 4.98 Å². The third kappa shape index (κ3) is 3.30. The molecule has 0 fully saturated rings. The van der Waals surface area contributed by atoms with Gasteiger partial charge in [-0.2, -0.15) is 0 Å². The predicted molar refractivity (Wildman–Crippen MR) is 71.4 cm³/mol. The highest BCUT2D eigenvalue weighted by atomic mass is 32.1. The molecule has 3 nitrogen and oxygen atoms in total. The number of nitrogens with two attached hydrogens (primary N) is 1. The first-order valence-electron chi connectivity index (χ1n) is 5.29. The van der Waals surface area contributed by atoms with Crippen molar-refractivity contribution in [2.45, 2.75) is 12.8 Å². The summed E-state index contributed by atoms with van der Waals surface area (Å²) in [5.74, 6) is 0. The molecule has 0 bridgehead atoms. The van der Waals surface area contributed by atoms with Crippen molar-refractivity contribution in [3.05, 3.63) is 33.5 Å². The Morgan fingerprint density at radius 2 is 2.25 bits per heavy atom. The van der Waals surface area contributed by atoms with Gasteiger partial charge >= 0.3 is 0 Å². The molecule has 2 aromatic rings. The van der Waals surface area contributed by atoms with E-state index >= 15 is 0 Å². The summed E-state index contributed by atoms with van der Waals surface area (Å²) in [6.45, 7) is 1.61. The number of hydrogen-bond acceptors (Lipinski definition) is 5. The van der Waals surface area contributed by atoms with Crippen molar-refractivity contribution in [1.29, 1.82) is 0 Å². The van der Waals surface area contributed by atoms with Gasteiger partial charge in [0.15, 0.2) is 5.13 Å². The summed E-state index contributed by atoms with van der Waals surface area (Å²) in [6, 6.07) is 4.25. The van der Waals surface area contributed by atoms with Gasteiger partial charge in [0.05, 0.1) is 5.69 Å². The minimum atomic E-state index is 0.665. The largest absolute Gasteiger partial charge is 0.361 e. The van der Waals surface area contributed by atoms with E-state index in [-0.39, 0.29) is 0 Å². The molecule has 0 aliphatic carbocycles. The Balaban J connectivity index is 1.76. The van der Waals surface area contributed by atoms with Crippen LogP contribution in [0.3, 0.4) is 0 Å². The molecule has 0 saturated heterocycles. The second kappa shape index (κ2) is 5.98. The summed E-state index contributed by atoms with van der Waals surface area (Å²) in [7, 11) is 0. The molecule has 0 amide bonds. The zero-order valence-electron chi connectivity index (χ0n) is 8.98. The SMILES string of the molecule is NCCc1csc(NCCc2cccs2)n1. The molecular formula is C11H15N3S2. The van der Waals surface area contributed by atoms with Crippen molar-refractivity contribution in [3.63, 3.8) is 0 Å². The van der Waals surface area contributed by atoms with Crippen molar-refractivity contribution < 1.29 is 0 Å². The van der Waals surface area contributed by atoms with Crippen LogP contribution in [0.1, 0.15) is 10.6 Å². The molecule has 0 radical (unpaired) electrons. The Hall–Kier alpha value is -0.910. The number of aromatic nitrogens is 1. The maximum atomic E-state index is 5.48. The zero-order chi connectivity index (χ0) is 11.2. The fraction of sp³-hybridized carbons (Fsp3) is 0.364. The van der Waals surface area contributed by atoms with Crippen LogP contribution in [0.5, 0.6) is 0 Å². The Morgan fingerprint density at radius 1 is 1.31 bits per heavy atom. The molecule has 2 heterocycles. The van der Waals surface area contributed by atoms with Crippen LogP contribution in [-0.2, 0) is 12.8 Å². The monoisotopic (exact) mass is 253 g/mol. The molecule has 5 heteroatoms. The fourth-order valence-corrected chi connectivity index (χ4v) is 2.88. The molecule has 0 spiro atoms. The van der Waals surface area contributed by atoms with Gasteiger partial charge in [-0.05, 0) is 24.4 Å². The highest BCUT2D eigenvalue weighted by molar-refractivity contribution is 7.13. The molecule has 0 aliphatic rings. The normalized spacial score (nSPS) is 10.6. The second-order valence-corrected chi connectivity index (χ2v) is 5.33. The standard InChI is InChI=1S/C11H15N3S2/c12-5-3-9-8-16-11(14-9)13-6-4-10-2-1-7-15-10/h1-2,7-8H,3-6,12H2,(H,13,14). The quantitative estimate of drug-likeness (QED) is 0.831. The lowest BCUT2D eigenvalue weighted by atomic mass is 10.3. The van der Waals surface area contributed by atoms with Gasteiger partial charge < -0.3 is 11.1 Å². The van der Waals surface area contributed by atoms with Crippen LogP contribution in [-0.4, -0.2) is 18.1 Å². The lowest BCUT2D eigenvalue weighted by molar-refractivity contribution is 0.932. The average Bonchev–Trinajstić information content (AvgIpc) is 2.90. The number of nitrogens with zero attached hydrogens (tertiary/aromatic N) is 1. The summed E-state index contributed by atoms with van der Waals surface area (Å²) >= 11 is 3.45. The van der Waals surface area contributed by atoms with E-state index in [0.29, 0.717) is 6.54 Å². The van der Waals surface area contributed by atoms with Gasteiger partial charge in [-0.3, -0.25) is 0 Å². The van der Waals surface area contributed by atoms with Crippen molar-refractivity contribution in [2.75, 3.05) is 18.4 Å². The Morgan fingerprint density at radius 3 is 3.00 bits per heavy atom. The summed E-state index contributed by atoms with van der Waals surface area (Å²) in [6.07, 6.45) is 1.92. The molecule has 0 aromatic carbocycles. The highest BCUT2D eigenvalue weighted by Gasteiger charge is 2.00. The van der Waals surface area contributed by atoms with Crippen LogP contribution in [0.15, 0.2) is 22.9 Å². The average molecular weight is 253 g/mol. The Labute approximate surface area is 103 Å². The first-order chi connectivity index (χ1) is 7.88. The molecule has 2 rings (SSSR count). The number of thiophene rings is 1. The first kappa shape index (κ1) is 11.6. The molecule has 0 saturated carbocycles. The summed E-state index contributed by atoms with van der Waals surface area (Å²) in [5.41, 5.74) is 6.57. The highest BCUT2D eigenvalue weighted by Crippen LogP contribution is 2.16. The van der Waals surface area contributed by atoms with Crippen molar-refractivity contribution in [1.82, 2.24) is 4.98 Å². The number of thiazole rings is 1. The van der Waals surface area contributed by atoms with Crippen molar-refractivity contribution >= 4 is 27.8 Å². The third-order valence-corrected chi connectivity index (χ3v) is 3.96. The summed E-state index contributed by atoms with van der Waals surface area (Å²) < 4.78 is 0. The van der Waals surface area contributed by atoms with Gasteiger partial charge in [0.2, 0.25) is 0 Å². The minimum absolute atomic E-state index is 0.665. The lowest BCUT2D eigenvalue weighted by Gasteiger charge is -2.00. The molecule has 0 atom stereocenters. The fourth-order valence-electron chi connectivity index (χ4n) is 1.40. The number of anilines is 1. The van der Waals surface area contributed by atoms with E-state index in [1.54, 1.807) is 22.7 Å². The van der Waals surface area contributed by atoms with Crippen LogP contribution in [0.2, 0.25) is 0 Å². The van der Waals surface area contributed by atoms with Crippen LogP contribution in [0.25, 0.3) is 0 Å². The lowest BCUT2D eigenvalue weighted by Crippen LogP contribution is -2.05. The van der Waals surface area contributed by atoms with E-state index in [2.05, 4.69) is 33.2 Å². The number of nitrogens with one attached hydrogen (secondary N) is 1. The Bertz CT molecular complexity index is 409. The van der Waals surface area contributed by atoms with Crippen LogP contribution in [0, 0.1) is 0 Å². The van der Waals surface area contributed by atoms with Crippen molar-refractivity contribution in [2.24, 2.45) is 5.73 Å². The molecule has 0 aliphatic heterocycles. The minimum Gasteiger partial charge on any atom is -0.361 e. The van der Waals surface area contributed by atoms with E-state index in [1.807, 2.05) is 0 Å². The summed E-state index contributed by atoms with van der Waals surface area (Å²) in [5, 5.41) is 8.51. The van der Waals surface area contributed by atoms with Gasteiger partial charge in [-0.15, -0.1) is 22.7 Å². The molecule has 0 unspecified atom stereocenters. The molecular weight excluding hydrogens is 238 g/mol. The maximum absolute atomic E-state index is 5.48. The van der Waals surface area contributed by atoms with Gasteiger partial charge in [0.1, 0.15) is 0 Å². The van der Waals surface area contributed by atoms with Crippen molar-refractivity contribution in [3.8, 4) is 0 Å². The van der Waals surface area contributed by atoms with E-state index < -0.39 is 0 Å². The number of hydrogen-bond donors (Lipinski definition) is 2. The Kier molecular flexibility index (Phi) is 4.33. The zero-order valence-corrected chi connectivity index (χ0v) is 10.6. The van der Waals surface area contributed by atoms with Gasteiger partial charge in [-0.1, -0.05) is 6.07 Å². The van der Waals surface area contributed by atoms with Crippen LogP contribution >= 0.6 is 22.7 Å². The van der Waals surface area contributed by atoms with Crippen LogP contribution in [0.4, 0.5) is 5.13 Å². The van der Waals surface area contributed by atoms with E-state index in [9.17, 15) is 0 Å². The van der Waals surface area contributed by atoms with Gasteiger partial charge in [0, 0.05) is 23.2 Å². The smallest absolute Gasteiger partial charge is 0.182 e. The van der Waals surface area contributed by atoms with E-state index in [4.69, 9.17) is 5.73 Å². The predicted octanol–water partition coefficient (Wildman–Crippen LogP) is 2.36. The molecule has 86 valence electrons. The molecule has 2 aromatic heterocycles. The number of rotatable bonds is 6. The third-order valence-electron chi connectivity index (χ3n) is 2.18. The molecule has 16 heavy (non-hydrogen) atoms.